The van der Waals surface area contributed by atoms with E-state index in [1.54, 1.807) is 18.2 Å². The molecule has 4 aromatic rings. The minimum atomic E-state index is -3.99. The number of sulfonamides is 1. The van der Waals surface area contributed by atoms with Crippen LogP contribution in [0.1, 0.15) is 10.4 Å². The van der Waals surface area contributed by atoms with E-state index in [1.807, 2.05) is 0 Å². The normalized spacial score (nSPS) is 11.4. The quantitative estimate of drug-likeness (QED) is 0.362. The average Bonchev–Trinajstić information content (AvgIpc) is 3.09. The molecule has 158 valence electrons. The Morgan fingerprint density at radius 2 is 1.58 bits per heavy atom. The van der Waals surface area contributed by atoms with Gasteiger partial charge in [0.1, 0.15) is 5.82 Å². The van der Waals surface area contributed by atoms with Crippen LogP contribution in [0, 0.1) is 5.82 Å². The van der Waals surface area contributed by atoms with Crippen LogP contribution in [0.3, 0.4) is 0 Å². The second-order valence-corrected chi connectivity index (χ2v) is 8.64. The van der Waals surface area contributed by atoms with E-state index >= 15 is 0 Å². The fourth-order valence-electron chi connectivity index (χ4n) is 2.86. The Bertz CT molecular complexity index is 1460. The fourth-order valence-corrected chi connectivity index (χ4v) is 4.19. The zero-order valence-electron chi connectivity index (χ0n) is 15.6. The van der Waals surface area contributed by atoms with Gasteiger partial charge in [0.2, 0.25) is 0 Å². The van der Waals surface area contributed by atoms with Crippen molar-refractivity contribution in [3.05, 3.63) is 87.6 Å². The molecule has 0 saturated heterocycles. The van der Waals surface area contributed by atoms with Gasteiger partial charge >= 0.3 is 5.69 Å². The van der Waals surface area contributed by atoms with E-state index in [2.05, 4.69) is 20.0 Å². The first-order valence-electron chi connectivity index (χ1n) is 8.83. The third-order valence-corrected chi connectivity index (χ3v) is 6.04. The number of carbonyl (C=O) groups is 1. The number of aromatic amines is 2. The van der Waals surface area contributed by atoms with Crippen LogP contribution in [0.15, 0.2) is 70.4 Å². The lowest BCUT2D eigenvalue weighted by Gasteiger charge is -2.10. The smallest absolute Gasteiger partial charge is 0.322 e. The van der Waals surface area contributed by atoms with Crippen molar-refractivity contribution in [2.24, 2.45) is 0 Å². The number of hydrogen-bond donors (Lipinski definition) is 4. The summed E-state index contributed by atoms with van der Waals surface area (Å²) in [4.78, 5) is 28.8. The molecule has 3 aromatic carbocycles. The molecule has 0 atom stereocenters. The highest BCUT2D eigenvalue weighted by atomic mass is 35.5. The number of hydrogen-bond acceptors (Lipinski definition) is 4. The number of nitrogens with one attached hydrogen (secondary N) is 4. The first kappa shape index (κ1) is 20.6. The van der Waals surface area contributed by atoms with Crippen molar-refractivity contribution in [3.63, 3.8) is 0 Å². The largest absolute Gasteiger partial charge is 0.323 e. The van der Waals surface area contributed by atoms with Crippen LogP contribution in [0.4, 0.5) is 15.8 Å². The Kier molecular flexibility index (Phi) is 5.25. The number of halogens is 2. The molecule has 0 aliphatic rings. The maximum atomic E-state index is 13.3. The summed E-state index contributed by atoms with van der Waals surface area (Å²) in [5.74, 6) is -1.14. The van der Waals surface area contributed by atoms with Gasteiger partial charge in [0.15, 0.2) is 0 Å². The molecule has 4 rings (SSSR count). The summed E-state index contributed by atoms with van der Waals surface area (Å²) in [7, 11) is -3.99. The van der Waals surface area contributed by atoms with E-state index in [9.17, 15) is 22.4 Å². The van der Waals surface area contributed by atoms with E-state index in [0.717, 1.165) is 18.2 Å². The summed E-state index contributed by atoms with van der Waals surface area (Å²) in [6.07, 6.45) is 0. The number of H-pyrrole nitrogens is 2. The van der Waals surface area contributed by atoms with Crippen molar-refractivity contribution in [3.8, 4) is 0 Å². The zero-order valence-corrected chi connectivity index (χ0v) is 17.1. The van der Waals surface area contributed by atoms with Gasteiger partial charge in [-0.05, 0) is 60.7 Å². The molecule has 0 aliphatic heterocycles. The molecule has 8 nitrogen and oxygen atoms in total. The SMILES string of the molecule is O=C(Nc1ccc2[nH]c(=O)[nH]c2c1)c1ccc(NS(=O)(=O)c2ccc(F)c(Cl)c2)cc1. The molecule has 11 heteroatoms. The molecule has 0 spiro atoms. The Hall–Kier alpha value is -3.63. The maximum Gasteiger partial charge on any atom is 0.323 e. The van der Waals surface area contributed by atoms with Crippen LogP contribution >= 0.6 is 11.6 Å². The van der Waals surface area contributed by atoms with E-state index in [-0.39, 0.29) is 26.9 Å². The molecule has 1 heterocycles. The maximum absolute atomic E-state index is 13.3. The molecule has 0 unspecified atom stereocenters. The fraction of sp³-hybridized carbons (Fsp3) is 0. The molecule has 4 N–H and O–H groups in total. The average molecular weight is 461 g/mol. The van der Waals surface area contributed by atoms with Crippen molar-refractivity contribution in [1.29, 1.82) is 0 Å². The summed E-state index contributed by atoms with van der Waals surface area (Å²) in [5, 5.41) is 2.39. The molecule has 0 bridgehead atoms. The standard InChI is InChI=1S/C20H14ClFN4O4S/c21-15-10-14(6-7-16(15)22)31(29,30)26-12-3-1-11(2-4-12)19(27)23-13-5-8-17-18(9-13)25-20(28)24-17/h1-10,26H,(H,23,27)(H2,24,25,28). The molecule has 0 aliphatic carbocycles. The van der Waals surface area contributed by atoms with Crippen LogP contribution in [-0.4, -0.2) is 24.3 Å². The Labute approximate surface area is 180 Å². The summed E-state index contributed by atoms with van der Waals surface area (Å²) >= 11 is 5.65. The summed E-state index contributed by atoms with van der Waals surface area (Å²) in [6, 6.07) is 13.7. The first-order valence-corrected chi connectivity index (χ1v) is 10.7. The number of aromatic nitrogens is 2. The number of carbonyl (C=O) groups excluding carboxylic acids is 1. The number of imidazole rings is 1. The Morgan fingerprint density at radius 1 is 0.903 bits per heavy atom. The Balaban J connectivity index is 1.48. The van der Waals surface area contributed by atoms with Gasteiger partial charge in [-0.15, -0.1) is 0 Å². The van der Waals surface area contributed by atoms with Crippen LogP contribution < -0.4 is 15.7 Å². The predicted octanol–water partition coefficient (Wildman–Crippen LogP) is 3.70. The van der Waals surface area contributed by atoms with Crippen molar-refractivity contribution < 1.29 is 17.6 Å². The van der Waals surface area contributed by atoms with E-state index in [1.165, 1.54) is 24.3 Å². The highest BCUT2D eigenvalue weighted by Crippen LogP contribution is 2.22. The van der Waals surface area contributed by atoms with Gasteiger partial charge in [0, 0.05) is 16.9 Å². The minimum Gasteiger partial charge on any atom is -0.322 e. The first-order chi connectivity index (χ1) is 14.7. The lowest BCUT2D eigenvalue weighted by molar-refractivity contribution is 0.102. The van der Waals surface area contributed by atoms with Crippen molar-refractivity contribution in [1.82, 2.24) is 9.97 Å². The van der Waals surface area contributed by atoms with Crippen molar-refractivity contribution in [2.75, 3.05) is 10.0 Å². The van der Waals surface area contributed by atoms with Crippen LogP contribution in [-0.2, 0) is 10.0 Å². The second kappa shape index (κ2) is 7.89. The van der Waals surface area contributed by atoms with E-state index < -0.39 is 21.7 Å². The molecule has 0 radical (unpaired) electrons. The van der Waals surface area contributed by atoms with Gasteiger partial charge in [0.25, 0.3) is 15.9 Å². The highest BCUT2D eigenvalue weighted by Gasteiger charge is 2.16. The number of rotatable bonds is 5. The lowest BCUT2D eigenvalue weighted by atomic mass is 10.2. The molecule has 1 aromatic heterocycles. The molecule has 0 fully saturated rings. The van der Waals surface area contributed by atoms with E-state index in [0.29, 0.717) is 16.7 Å². The van der Waals surface area contributed by atoms with Gasteiger partial charge in [0.05, 0.1) is 21.0 Å². The molecular weight excluding hydrogens is 447 g/mol. The van der Waals surface area contributed by atoms with Crippen LogP contribution in [0.5, 0.6) is 0 Å². The minimum absolute atomic E-state index is 0.195. The van der Waals surface area contributed by atoms with Gasteiger partial charge < -0.3 is 15.3 Å². The monoisotopic (exact) mass is 460 g/mol. The summed E-state index contributed by atoms with van der Waals surface area (Å²) < 4.78 is 40.5. The molecule has 0 saturated carbocycles. The number of amides is 1. The molecular formula is C20H14ClFN4O4S. The predicted molar refractivity (Wildman–Crippen MR) is 116 cm³/mol. The van der Waals surface area contributed by atoms with Gasteiger partial charge in [-0.3, -0.25) is 9.52 Å². The third-order valence-electron chi connectivity index (χ3n) is 4.37. The Morgan fingerprint density at radius 3 is 2.29 bits per heavy atom. The molecule has 31 heavy (non-hydrogen) atoms. The van der Waals surface area contributed by atoms with Crippen LogP contribution in [0.2, 0.25) is 5.02 Å². The lowest BCUT2D eigenvalue weighted by Crippen LogP contribution is -2.14. The summed E-state index contributed by atoms with van der Waals surface area (Å²) in [6.45, 7) is 0. The number of fused-ring (bicyclic) bond motifs is 1. The summed E-state index contributed by atoms with van der Waals surface area (Å²) in [5.41, 5.74) is 1.79. The van der Waals surface area contributed by atoms with E-state index in [4.69, 9.17) is 11.6 Å². The van der Waals surface area contributed by atoms with Gasteiger partial charge in [-0.1, -0.05) is 11.6 Å². The van der Waals surface area contributed by atoms with Crippen molar-refractivity contribution in [2.45, 2.75) is 4.90 Å². The zero-order chi connectivity index (χ0) is 22.2. The molecule has 1 amide bonds. The topological polar surface area (TPSA) is 124 Å². The van der Waals surface area contributed by atoms with Gasteiger partial charge in [-0.2, -0.15) is 0 Å². The van der Waals surface area contributed by atoms with Crippen LogP contribution in [0.25, 0.3) is 11.0 Å². The number of anilines is 2. The third kappa shape index (κ3) is 4.44. The number of benzene rings is 3. The second-order valence-electron chi connectivity index (χ2n) is 6.55. The van der Waals surface area contributed by atoms with Gasteiger partial charge in [-0.25, -0.2) is 17.6 Å². The highest BCUT2D eigenvalue weighted by molar-refractivity contribution is 7.92. The van der Waals surface area contributed by atoms with Crippen molar-refractivity contribution >= 4 is 49.9 Å².